The van der Waals surface area contributed by atoms with Crippen LogP contribution in [0, 0.1) is 0 Å². The molecule has 3 heterocycles. The first-order valence-electron chi connectivity index (χ1n) is 13.9. The zero-order valence-corrected chi connectivity index (χ0v) is 26.2. The van der Waals surface area contributed by atoms with Crippen molar-refractivity contribution >= 4 is 80.3 Å². The third kappa shape index (κ3) is 6.41. The lowest BCUT2D eigenvalue weighted by Crippen LogP contribution is -2.93. The molecule has 2 N–H and O–H groups in total. The van der Waals surface area contributed by atoms with E-state index in [-0.39, 0.29) is 31.5 Å². The predicted octanol–water partition coefficient (Wildman–Crippen LogP) is -6.17. The number of aromatic amines is 1. The summed E-state index contributed by atoms with van der Waals surface area (Å²) in [7, 11) is 14.9. The molecule has 0 radical (unpaired) electrons. The minimum Gasteiger partial charge on any atom is -0.379 e. The number of halogens is 6. The number of hydrogen-bond donors (Lipinski definition) is 2. The SMILES string of the molecule is BC1(B)N(C(=O)CCOC[C@H](C)Nc2cn[nH]c(=O)c2C(F)(F)F)C(B)(B)C(B)(B)N(c2ncc(C(F)(F)F)cn2)C1(B)B. The van der Waals surface area contributed by atoms with Gasteiger partial charge in [0, 0.05) is 18.4 Å². The lowest BCUT2D eigenvalue weighted by atomic mass is 9.26. The Morgan fingerprint density at radius 2 is 1.45 bits per heavy atom. The minimum atomic E-state index is -4.89. The predicted molar refractivity (Wildman–Crippen MR) is 174 cm³/mol. The number of ether oxygens (including phenoxy) is 1. The maximum Gasteiger partial charge on any atom is 0.423 e. The first-order chi connectivity index (χ1) is 19.9. The fraction of sp³-hybridized carbons (Fsp3) is 0.550. The molecule has 0 unspecified atom stereocenters. The van der Waals surface area contributed by atoms with E-state index in [9.17, 15) is 35.9 Å². The summed E-state index contributed by atoms with van der Waals surface area (Å²) in [5.41, 5.74) is -4.23. The number of amides is 1. The average Bonchev–Trinajstić information content (AvgIpc) is 2.84. The Hall–Kier alpha value is -2.91. The van der Waals surface area contributed by atoms with Gasteiger partial charge in [0.1, 0.15) is 68.3 Å². The van der Waals surface area contributed by atoms with Crippen molar-refractivity contribution < 1.29 is 35.9 Å². The number of anilines is 2. The highest BCUT2D eigenvalue weighted by molar-refractivity contribution is 6.62. The maximum absolute atomic E-state index is 13.8. The molecule has 1 aliphatic heterocycles. The highest BCUT2D eigenvalue weighted by atomic mass is 19.4. The standard InChI is InChI=1S/C20H31B8F6N7O3/c1-8(38-10-6-37-39-13(43)12(10)16(32,33)34)7-44-3-2-11(42)40-17(21,22)19(25,26)41(20(27,28)18(40,23)24)14-35-4-9(5-36-14)15(29,30)31/h4-6,8H,2-3,7,21-28H2,1H3,(H2,38,39,43)/t8-/m0/s1. The fourth-order valence-corrected chi connectivity index (χ4v) is 5.83. The van der Waals surface area contributed by atoms with Crippen molar-refractivity contribution in [2.45, 2.75) is 53.1 Å². The zero-order valence-electron chi connectivity index (χ0n) is 26.2. The second kappa shape index (κ2) is 11.8. The van der Waals surface area contributed by atoms with E-state index in [2.05, 4.69) is 20.4 Å². The largest absolute Gasteiger partial charge is 0.423 e. The Morgan fingerprint density at radius 1 is 0.932 bits per heavy atom. The van der Waals surface area contributed by atoms with Gasteiger partial charge in [-0.1, -0.05) is 0 Å². The highest BCUT2D eigenvalue weighted by Crippen LogP contribution is 2.44. The molecule has 44 heavy (non-hydrogen) atoms. The van der Waals surface area contributed by atoms with Crippen LogP contribution in [0.1, 0.15) is 24.5 Å². The van der Waals surface area contributed by atoms with Crippen LogP contribution in [-0.2, 0) is 21.9 Å². The number of nitrogens with one attached hydrogen (secondary N) is 2. The van der Waals surface area contributed by atoms with Gasteiger partial charge in [-0.2, -0.15) is 31.4 Å². The van der Waals surface area contributed by atoms with E-state index in [4.69, 9.17) is 4.74 Å². The van der Waals surface area contributed by atoms with Gasteiger partial charge in [0.15, 0.2) is 0 Å². The van der Waals surface area contributed by atoms with E-state index < -0.39 is 62.1 Å². The summed E-state index contributed by atoms with van der Waals surface area (Å²) in [4.78, 5) is 37.3. The Kier molecular flexibility index (Phi) is 9.53. The summed E-state index contributed by atoms with van der Waals surface area (Å²) >= 11 is 0. The smallest absolute Gasteiger partial charge is 0.379 e. The fourth-order valence-electron chi connectivity index (χ4n) is 5.83. The van der Waals surface area contributed by atoms with Crippen LogP contribution in [0.15, 0.2) is 23.4 Å². The topological polar surface area (TPSA) is 116 Å². The van der Waals surface area contributed by atoms with E-state index in [0.717, 1.165) is 18.6 Å². The Balaban J connectivity index is 1.76. The number of carbonyl (C=O) groups is 1. The molecule has 24 heteroatoms. The van der Waals surface area contributed by atoms with E-state index in [1.165, 1.54) is 0 Å². The summed E-state index contributed by atoms with van der Waals surface area (Å²) in [6.45, 7) is 1.45. The molecule has 1 amide bonds. The molecule has 10 nitrogen and oxygen atoms in total. The van der Waals surface area contributed by atoms with E-state index in [1.807, 2.05) is 67.7 Å². The van der Waals surface area contributed by atoms with Crippen molar-refractivity contribution in [2.24, 2.45) is 0 Å². The Bertz CT molecular complexity index is 1400. The molecule has 0 aliphatic carbocycles. The lowest BCUT2D eigenvalue weighted by molar-refractivity contribution is -0.139. The molecule has 2 aromatic rings. The number of carbonyl (C=O) groups excluding carboxylic acids is 1. The van der Waals surface area contributed by atoms with Crippen LogP contribution in [-0.4, -0.2) is 134 Å². The van der Waals surface area contributed by atoms with E-state index >= 15 is 0 Å². The number of alkyl halides is 6. The normalized spacial score (nSPS) is 19.7. The van der Waals surface area contributed by atoms with Crippen molar-refractivity contribution in [3.05, 3.63) is 40.1 Å². The zero-order chi connectivity index (χ0) is 33.7. The number of hydrogen-bond acceptors (Lipinski definition) is 8. The molecule has 3 rings (SSSR count). The van der Waals surface area contributed by atoms with Gasteiger partial charge in [-0.15, -0.1) is 0 Å². The van der Waals surface area contributed by atoms with Gasteiger partial charge in [-0.25, -0.2) is 15.1 Å². The second-order valence-corrected chi connectivity index (χ2v) is 12.9. The minimum absolute atomic E-state index is 0.0418. The monoisotopic (exact) mass is 619 g/mol. The van der Waals surface area contributed by atoms with E-state index in [0.29, 0.717) is 0 Å². The van der Waals surface area contributed by atoms with Crippen LogP contribution in [0.4, 0.5) is 38.0 Å². The Labute approximate surface area is 257 Å². The maximum atomic E-state index is 13.8. The summed E-state index contributed by atoms with van der Waals surface area (Å²) in [6.07, 6.45) is -7.18. The third-order valence-electron chi connectivity index (χ3n) is 9.02. The van der Waals surface area contributed by atoms with Crippen LogP contribution >= 0.6 is 0 Å². The number of rotatable bonds is 8. The molecule has 1 fully saturated rings. The molecule has 2 aromatic heterocycles. The van der Waals surface area contributed by atoms with Gasteiger partial charge in [0.2, 0.25) is 11.9 Å². The molecule has 0 bridgehead atoms. The number of H-pyrrole nitrogens is 1. The number of aromatic nitrogens is 4. The molecule has 0 spiro atoms. The quantitative estimate of drug-likeness (QED) is 0.171. The second-order valence-electron chi connectivity index (χ2n) is 12.9. The first-order valence-corrected chi connectivity index (χ1v) is 13.9. The highest BCUT2D eigenvalue weighted by Gasteiger charge is 2.63. The first kappa shape index (κ1) is 35.6. The molecular formula is C20H31B8F6N7O3. The number of piperazine rings is 1. The van der Waals surface area contributed by atoms with Crippen molar-refractivity contribution in [1.82, 2.24) is 25.1 Å². The molecule has 1 saturated heterocycles. The van der Waals surface area contributed by atoms with Crippen LogP contribution in [0.3, 0.4) is 0 Å². The van der Waals surface area contributed by atoms with Crippen LogP contribution < -0.4 is 15.8 Å². The molecule has 1 aliphatic rings. The van der Waals surface area contributed by atoms with Gasteiger partial charge >= 0.3 is 12.4 Å². The Morgan fingerprint density at radius 3 is 1.93 bits per heavy atom. The van der Waals surface area contributed by atoms with Gasteiger partial charge < -0.3 is 19.9 Å². The van der Waals surface area contributed by atoms with Crippen molar-refractivity contribution in [3.8, 4) is 0 Å². The van der Waals surface area contributed by atoms with Crippen LogP contribution in [0.5, 0.6) is 0 Å². The van der Waals surface area contributed by atoms with Crippen molar-refractivity contribution in [1.29, 1.82) is 0 Å². The number of nitrogens with zero attached hydrogens (tertiary/aromatic N) is 5. The molecule has 0 aromatic carbocycles. The summed E-state index contributed by atoms with van der Waals surface area (Å²) < 4.78 is 85.2. The van der Waals surface area contributed by atoms with Crippen molar-refractivity contribution in [3.63, 3.8) is 0 Å². The van der Waals surface area contributed by atoms with E-state index in [1.54, 1.807) is 16.9 Å². The molecule has 0 saturated carbocycles. The van der Waals surface area contributed by atoms with Gasteiger partial charge in [-0.3, -0.25) is 9.59 Å². The van der Waals surface area contributed by atoms with Gasteiger partial charge in [0.25, 0.3) is 5.56 Å². The van der Waals surface area contributed by atoms with Gasteiger partial charge in [-0.05, 0) is 28.3 Å². The molecule has 1 atom stereocenters. The van der Waals surface area contributed by atoms with Gasteiger partial charge in [0.05, 0.1) is 37.1 Å². The summed E-state index contributed by atoms with van der Waals surface area (Å²) in [6, 6.07) is -0.659. The summed E-state index contributed by atoms with van der Waals surface area (Å²) in [5, 5.41) is 4.23. The molecule has 230 valence electrons. The summed E-state index contributed by atoms with van der Waals surface area (Å²) in [5.74, 6) is -0.164. The van der Waals surface area contributed by atoms with Crippen LogP contribution in [0.25, 0.3) is 0 Å². The average molecular weight is 618 g/mol. The molecular weight excluding hydrogens is 587 g/mol. The van der Waals surface area contributed by atoms with Crippen molar-refractivity contribution in [2.75, 3.05) is 23.4 Å². The van der Waals surface area contributed by atoms with Crippen LogP contribution in [0.2, 0.25) is 0 Å². The lowest BCUT2D eigenvalue weighted by Gasteiger charge is -2.74. The third-order valence-corrected chi connectivity index (χ3v) is 9.02.